The molecule has 160 valence electrons. The molecule has 0 radical (unpaired) electrons. The van der Waals surface area contributed by atoms with E-state index in [1.807, 2.05) is 12.1 Å². The number of primary amides is 1. The second-order valence-electron chi connectivity index (χ2n) is 7.21. The Bertz CT molecular complexity index is 1180. The first kappa shape index (κ1) is 20.6. The van der Waals surface area contributed by atoms with Crippen LogP contribution in [0.5, 0.6) is 5.75 Å². The Balaban J connectivity index is 1.77. The van der Waals surface area contributed by atoms with Gasteiger partial charge in [-0.2, -0.15) is 0 Å². The van der Waals surface area contributed by atoms with E-state index in [-0.39, 0.29) is 23.1 Å². The lowest BCUT2D eigenvalue weighted by molar-refractivity contribution is 0.0854. The molecule has 1 atom stereocenters. The van der Waals surface area contributed by atoms with Crippen molar-refractivity contribution in [2.45, 2.75) is 18.9 Å². The fourth-order valence-electron chi connectivity index (χ4n) is 3.46. The van der Waals surface area contributed by atoms with E-state index in [4.69, 9.17) is 19.6 Å². The average Bonchev–Trinajstić information content (AvgIpc) is 3.30. The van der Waals surface area contributed by atoms with Crippen LogP contribution in [0, 0.1) is 0 Å². The molecule has 3 aromatic rings. The number of methoxy groups -OCH3 is 1. The fourth-order valence-corrected chi connectivity index (χ4v) is 3.46. The summed E-state index contributed by atoms with van der Waals surface area (Å²) in [7, 11) is 1.55. The van der Waals surface area contributed by atoms with Gasteiger partial charge < -0.3 is 24.9 Å². The van der Waals surface area contributed by atoms with Crippen LogP contribution in [-0.4, -0.2) is 38.2 Å². The van der Waals surface area contributed by atoms with E-state index in [0.29, 0.717) is 41.1 Å². The highest BCUT2D eigenvalue weighted by molar-refractivity contribution is 5.97. The topological polar surface area (TPSA) is 116 Å². The molecule has 31 heavy (non-hydrogen) atoms. The minimum Gasteiger partial charge on any atom is -0.493 e. The number of hydrogen-bond acceptors (Lipinski definition) is 6. The number of nitrogens with two attached hydrogens (primary N) is 1. The Kier molecular flexibility index (Phi) is 5.99. The molecule has 1 aliphatic rings. The van der Waals surface area contributed by atoms with Gasteiger partial charge in [0.05, 0.1) is 18.9 Å². The summed E-state index contributed by atoms with van der Waals surface area (Å²) < 4.78 is 17.0. The monoisotopic (exact) mass is 421 g/mol. The Hall–Kier alpha value is -3.65. The third-order valence-electron chi connectivity index (χ3n) is 5.10. The van der Waals surface area contributed by atoms with Crippen molar-refractivity contribution in [2.75, 3.05) is 20.3 Å². The van der Waals surface area contributed by atoms with Gasteiger partial charge in [-0.25, -0.2) is 4.99 Å². The molecule has 2 heterocycles. The maximum Gasteiger partial charge on any atom is 0.256 e. The number of ether oxygens (including phenoxy) is 2. The molecule has 8 nitrogen and oxygen atoms in total. The molecular weight excluding hydrogens is 398 g/mol. The molecule has 0 spiro atoms. The fraction of sp³-hybridized carbons (Fsp3) is 0.261. The smallest absolute Gasteiger partial charge is 0.256 e. The molecule has 1 aromatic heterocycles. The number of hydrogen-bond donors (Lipinski definition) is 2. The molecule has 3 N–H and O–H groups in total. The maximum atomic E-state index is 13.0. The second kappa shape index (κ2) is 9.01. The third kappa shape index (κ3) is 4.59. The van der Waals surface area contributed by atoms with Gasteiger partial charge in [0.2, 0.25) is 11.5 Å². The number of carbonyl (C=O) groups excluding carboxylic acids is 2. The van der Waals surface area contributed by atoms with E-state index in [9.17, 15) is 9.59 Å². The van der Waals surface area contributed by atoms with Crippen LogP contribution in [0.25, 0.3) is 11.0 Å². The zero-order valence-electron chi connectivity index (χ0n) is 17.1. The van der Waals surface area contributed by atoms with Gasteiger partial charge in [-0.15, -0.1) is 0 Å². The third-order valence-corrected chi connectivity index (χ3v) is 5.10. The highest BCUT2D eigenvalue weighted by Gasteiger charge is 2.19. The molecule has 1 aliphatic heterocycles. The van der Waals surface area contributed by atoms with Crippen LogP contribution in [0.15, 0.2) is 57.9 Å². The van der Waals surface area contributed by atoms with Crippen molar-refractivity contribution in [3.8, 4) is 5.75 Å². The first-order valence-corrected chi connectivity index (χ1v) is 10.0. The molecule has 0 bridgehead atoms. The number of amides is 2. The Morgan fingerprint density at radius 1 is 1.23 bits per heavy atom. The number of nitrogens with zero attached hydrogens (tertiary/aromatic N) is 1. The van der Waals surface area contributed by atoms with Gasteiger partial charge in [0, 0.05) is 24.1 Å². The summed E-state index contributed by atoms with van der Waals surface area (Å²) in [6.45, 7) is 1.13. The molecule has 2 aromatic carbocycles. The van der Waals surface area contributed by atoms with E-state index >= 15 is 0 Å². The Labute approximate surface area is 178 Å². The van der Waals surface area contributed by atoms with E-state index in [0.717, 1.165) is 12.8 Å². The van der Waals surface area contributed by atoms with E-state index in [2.05, 4.69) is 10.3 Å². The number of benzene rings is 2. The van der Waals surface area contributed by atoms with E-state index < -0.39 is 5.91 Å². The van der Waals surface area contributed by atoms with Gasteiger partial charge in [-0.1, -0.05) is 12.1 Å². The van der Waals surface area contributed by atoms with Crippen molar-refractivity contribution >= 4 is 28.5 Å². The number of fused-ring (bicyclic) bond motifs is 1. The lowest BCUT2D eigenvalue weighted by Crippen LogP contribution is -2.34. The zero-order valence-corrected chi connectivity index (χ0v) is 17.1. The molecular formula is C23H23N3O5. The molecule has 8 heteroatoms. The normalized spacial score (nSPS) is 16.4. The highest BCUT2D eigenvalue weighted by Crippen LogP contribution is 2.25. The van der Waals surface area contributed by atoms with Crippen LogP contribution < -0.4 is 21.3 Å². The van der Waals surface area contributed by atoms with Crippen LogP contribution >= 0.6 is 0 Å². The van der Waals surface area contributed by atoms with Gasteiger partial charge in [-0.05, 0) is 49.2 Å². The predicted molar refractivity (Wildman–Crippen MR) is 114 cm³/mol. The lowest BCUT2D eigenvalue weighted by atomic mass is 10.1. The number of nitrogens with one attached hydrogen (secondary N) is 1. The highest BCUT2D eigenvalue weighted by atomic mass is 16.5. The number of carbonyl (C=O) groups is 2. The van der Waals surface area contributed by atoms with Crippen molar-refractivity contribution in [1.82, 2.24) is 5.32 Å². The van der Waals surface area contributed by atoms with Gasteiger partial charge in [0.1, 0.15) is 5.56 Å². The summed E-state index contributed by atoms with van der Waals surface area (Å²) >= 11 is 0. The van der Waals surface area contributed by atoms with Crippen molar-refractivity contribution < 1.29 is 23.5 Å². The van der Waals surface area contributed by atoms with Crippen LogP contribution in [-0.2, 0) is 4.74 Å². The largest absolute Gasteiger partial charge is 0.493 e. The molecule has 0 aliphatic carbocycles. The Morgan fingerprint density at radius 2 is 2.03 bits per heavy atom. The number of para-hydroxylation sites is 1. The second-order valence-corrected chi connectivity index (χ2v) is 7.21. The number of rotatable bonds is 6. The maximum absolute atomic E-state index is 13.0. The van der Waals surface area contributed by atoms with Crippen LogP contribution in [0.2, 0.25) is 0 Å². The van der Waals surface area contributed by atoms with Crippen LogP contribution in [0.1, 0.15) is 33.6 Å². The molecule has 2 amide bonds. The molecule has 1 fully saturated rings. The first-order valence-electron chi connectivity index (χ1n) is 10.0. The Morgan fingerprint density at radius 3 is 2.71 bits per heavy atom. The minimum atomic E-state index is -0.527. The summed E-state index contributed by atoms with van der Waals surface area (Å²) in [5.74, 6) is -0.304. The van der Waals surface area contributed by atoms with Gasteiger partial charge in [0.15, 0.2) is 11.3 Å². The summed E-state index contributed by atoms with van der Waals surface area (Å²) in [5.41, 5.74) is 7.07. The van der Waals surface area contributed by atoms with E-state index in [1.54, 1.807) is 43.5 Å². The molecule has 1 saturated heterocycles. The van der Waals surface area contributed by atoms with Crippen molar-refractivity contribution in [2.24, 2.45) is 10.7 Å². The summed E-state index contributed by atoms with van der Waals surface area (Å²) in [6.07, 6.45) is 1.93. The SMILES string of the molecule is COc1cccc2cc(C(=O)NC[C@@H]3CCCO3)c(=Nc3ccc(C(N)=O)cc3)oc12. The minimum absolute atomic E-state index is 0.0168. The average molecular weight is 421 g/mol. The van der Waals surface area contributed by atoms with Gasteiger partial charge in [0.25, 0.3) is 5.91 Å². The zero-order chi connectivity index (χ0) is 21.8. The van der Waals surface area contributed by atoms with Crippen molar-refractivity contribution in [1.29, 1.82) is 0 Å². The van der Waals surface area contributed by atoms with E-state index in [1.165, 1.54) is 0 Å². The van der Waals surface area contributed by atoms with Crippen molar-refractivity contribution in [3.63, 3.8) is 0 Å². The standard InChI is InChI=1S/C23H23N3O5/c1-29-19-6-2-4-15-12-18(22(28)25-13-17-5-3-11-30-17)23(31-20(15)19)26-16-9-7-14(8-10-16)21(24)27/h2,4,6-10,12,17H,3,5,11,13H2,1H3,(H2,24,27)(H,25,28)/t17-/m0/s1. The molecule has 0 saturated carbocycles. The van der Waals surface area contributed by atoms with Crippen molar-refractivity contribution in [3.05, 3.63) is 65.2 Å². The van der Waals surface area contributed by atoms with Crippen LogP contribution in [0.4, 0.5) is 5.69 Å². The molecule has 0 unspecified atom stereocenters. The van der Waals surface area contributed by atoms with Crippen LogP contribution in [0.3, 0.4) is 0 Å². The van der Waals surface area contributed by atoms with Gasteiger partial charge >= 0.3 is 0 Å². The summed E-state index contributed by atoms with van der Waals surface area (Å²) in [5, 5.41) is 3.62. The first-order chi connectivity index (χ1) is 15.0. The summed E-state index contributed by atoms with van der Waals surface area (Å²) in [4.78, 5) is 28.8. The summed E-state index contributed by atoms with van der Waals surface area (Å²) in [6, 6.07) is 13.6. The predicted octanol–water partition coefficient (Wildman–Crippen LogP) is 2.68. The lowest BCUT2D eigenvalue weighted by Gasteiger charge is -2.12. The van der Waals surface area contributed by atoms with Gasteiger partial charge in [-0.3, -0.25) is 9.59 Å². The molecule has 4 rings (SSSR count). The quantitative estimate of drug-likeness (QED) is 0.635.